The lowest BCUT2D eigenvalue weighted by atomic mass is 10.1. The van der Waals surface area contributed by atoms with Crippen molar-refractivity contribution in [3.8, 4) is 0 Å². The van der Waals surface area contributed by atoms with Crippen LogP contribution in [0.4, 0.5) is 5.69 Å². The Morgan fingerprint density at radius 3 is 2.55 bits per heavy atom. The van der Waals surface area contributed by atoms with Crippen molar-refractivity contribution in [3.63, 3.8) is 0 Å². The van der Waals surface area contributed by atoms with Crippen LogP contribution in [0.3, 0.4) is 0 Å². The molecular weight excluding hydrogens is 510 g/mol. The van der Waals surface area contributed by atoms with Gasteiger partial charge in [-0.05, 0) is 56.6 Å². The lowest BCUT2D eigenvalue weighted by Gasteiger charge is -2.25. The van der Waals surface area contributed by atoms with Crippen molar-refractivity contribution in [1.29, 1.82) is 0 Å². The molecule has 38 heavy (non-hydrogen) atoms. The van der Waals surface area contributed by atoms with Crippen molar-refractivity contribution < 1.29 is 27.6 Å². The zero-order chi connectivity index (χ0) is 27.7. The molecule has 0 radical (unpaired) electrons. The first-order chi connectivity index (χ1) is 18.1. The average molecular weight is 548 g/mol. The molecule has 0 spiro atoms. The Kier molecular flexibility index (Phi) is 10.4. The van der Waals surface area contributed by atoms with Gasteiger partial charge in [-0.25, -0.2) is 8.42 Å². The van der Waals surface area contributed by atoms with Gasteiger partial charge in [0, 0.05) is 18.2 Å². The third kappa shape index (κ3) is 8.95. The number of likely N-dealkylation sites (tertiary alicyclic amines) is 1. The normalized spacial score (nSPS) is 21.7. The molecule has 0 bridgehead atoms. The summed E-state index contributed by atoms with van der Waals surface area (Å²) in [5, 5.41) is 2.48. The summed E-state index contributed by atoms with van der Waals surface area (Å²) in [6.45, 7) is 0.515. The van der Waals surface area contributed by atoms with Crippen LogP contribution in [-0.4, -0.2) is 61.3 Å². The monoisotopic (exact) mass is 547 g/mol. The SMILES string of the molecule is NC(=O)[C@@H]1CCCN1C(=O)[C@@H](N)CCCCC/C=C\[C@@H]1C[C@@H]1C(=O)NS(=O)(=O)CC(=O)Nc1ccccc1. The number of nitrogens with one attached hydrogen (secondary N) is 2. The highest BCUT2D eigenvalue weighted by Gasteiger charge is 2.42. The van der Waals surface area contributed by atoms with E-state index in [0.717, 1.165) is 32.1 Å². The van der Waals surface area contributed by atoms with Crippen molar-refractivity contribution in [1.82, 2.24) is 9.62 Å². The number of amides is 4. The molecule has 4 atom stereocenters. The highest BCUT2D eigenvalue weighted by molar-refractivity contribution is 7.90. The highest BCUT2D eigenvalue weighted by atomic mass is 32.2. The van der Waals surface area contributed by atoms with Crippen molar-refractivity contribution in [2.75, 3.05) is 17.6 Å². The molecule has 1 aromatic carbocycles. The minimum atomic E-state index is -4.09. The van der Waals surface area contributed by atoms with Gasteiger partial charge in [0.1, 0.15) is 11.8 Å². The maximum Gasteiger partial charge on any atom is 0.244 e. The molecule has 1 heterocycles. The number of allylic oxidation sites excluding steroid dienone is 2. The van der Waals surface area contributed by atoms with Crippen LogP contribution in [0.1, 0.15) is 51.4 Å². The Hall–Kier alpha value is -3.25. The van der Waals surface area contributed by atoms with E-state index in [1.165, 1.54) is 4.90 Å². The standard InChI is InChI=1S/C26H37N5O6S/c27-21(26(35)31-15-9-14-22(31)24(28)33)13-8-3-1-2-5-10-18-16-20(18)25(34)30-38(36,37)17-23(32)29-19-11-6-4-7-12-19/h4-7,10-12,18,20-22H,1-3,8-9,13-17,27H2,(H2,28,33)(H,29,32)(H,30,34)/b10-5-/t18-,20+,21+,22+/m1/s1. The minimum absolute atomic E-state index is 0.0203. The van der Waals surface area contributed by atoms with Gasteiger partial charge in [-0.15, -0.1) is 0 Å². The van der Waals surface area contributed by atoms with Gasteiger partial charge in [-0.1, -0.05) is 43.2 Å². The van der Waals surface area contributed by atoms with Gasteiger partial charge in [-0.3, -0.25) is 23.9 Å². The molecule has 0 aromatic heterocycles. The van der Waals surface area contributed by atoms with Crippen molar-refractivity contribution in [2.24, 2.45) is 23.3 Å². The summed E-state index contributed by atoms with van der Waals surface area (Å²) in [7, 11) is -4.09. The number of primary amides is 1. The van der Waals surface area contributed by atoms with Crippen LogP contribution < -0.4 is 21.5 Å². The summed E-state index contributed by atoms with van der Waals surface area (Å²) in [5.74, 6) is -3.30. The Morgan fingerprint density at radius 1 is 1.11 bits per heavy atom. The fourth-order valence-corrected chi connectivity index (χ4v) is 5.57. The quantitative estimate of drug-likeness (QED) is 0.198. The van der Waals surface area contributed by atoms with Gasteiger partial charge >= 0.3 is 0 Å². The first kappa shape index (κ1) is 29.3. The first-order valence-electron chi connectivity index (χ1n) is 13.0. The van der Waals surface area contributed by atoms with Crippen LogP contribution in [0.25, 0.3) is 0 Å². The predicted molar refractivity (Wildman–Crippen MR) is 143 cm³/mol. The second-order valence-corrected chi connectivity index (χ2v) is 11.6. The lowest BCUT2D eigenvalue weighted by Crippen LogP contribution is -2.50. The van der Waals surface area contributed by atoms with Crippen molar-refractivity contribution >= 4 is 39.3 Å². The maximum atomic E-state index is 12.5. The van der Waals surface area contributed by atoms with Crippen LogP contribution >= 0.6 is 0 Å². The van der Waals surface area contributed by atoms with Gasteiger partial charge in [0.2, 0.25) is 33.7 Å². The topological polar surface area (TPSA) is 182 Å². The molecule has 1 saturated carbocycles. The van der Waals surface area contributed by atoms with Crippen LogP contribution in [0.5, 0.6) is 0 Å². The van der Waals surface area contributed by atoms with Gasteiger partial charge in [0.15, 0.2) is 0 Å². The molecule has 11 nitrogen and oxygen atoms in total. The molecule has 12 heteroatoms. The molecule has 6 N–H and O–H groups in total. The van der Waals surface area contributed by atoms with Crippen LogP contribution in [0, 0.1) is 11.8 Å². The summed E-state index contributed by atoms with van der Waals surface area (Å²) in [4.78, 5) is 49.8. The maximum absolute atomic E-state index is 12.5. The minimum Gasteiger partial charge on any atom is -0.368 e. The second kappa shape index (κ2) is 13.5. The first-order valence-corrected chi connectivity index (χ1v) is 14.6. The van der Waals surface area contributed by atoms with E-state index in [1.807, 2.05) is 16.9 Å². The Morgan fingerprint density at radius 2 is 1.84 bits per heavy atom. The lowest BCUT2D eigenvalue weighted by molar-refractivity contribution is -0.138. The molecule has 1 saturated heterocycles. The summed E-state index contributed by atoms with van der Waals surface area (Å²) < 4.78 is 26.4. The molecular formula is C26H37N5O6S. The van der Waals surface area contributed by atoms with Crippen LogP contribution in [0.15, 0.2) is 42.5 Å². The molecule has 0 unspecified atom stereocenters. The Labute approximate surface area is 223 Å². The number of para-hydroxylation sites is 1. The number of hydrogen-bond acceptors (Lipinski definition) is 7. The number of anilines is 1. The van der Waals surface area contributed by atoms with E-state index in [4.69, 9.17) is 11.5 Å². The third-order valence-corrected chi connectivity index (χ3v) is 7.92. The summed E-state index contributed by atoms with van der Waals surface area (Å²) in [6.07, 6.45) is 9.68. The predicted octanol–water partition coefficient (Wildman–Crippen LogP) is 1.02. The summed E-state index contributed by atoms with van der Waals surface area (Å²) in [5.41, 5.74) is 11.9. The number of sulfonamides is 1. The van der Waals surface area contributed by atoms with E-state index in [9.17, 15) is 27.6 Å². The van der Waals surface area contributed by atoms with E-state index >= 15 is 0 Å². The number of hydrogen-bond donors (Lipinski definition) is 4. The number of nitrogens with two attached hydrogens (primary N) is 2. The van der Waals surface area contributed by atoms with E-state index < -0.39 is 51.5 Å². The largest absolute Gasteiger partial charge is 0.368 e. The number of carbonyl (C=O) groups excluding carboxylic acids is 4. The average Bonchev–Trinajstić information content (AvgIpc) is 3.46. The number of carbonyl (C=O) groups is 4. The van der Waals surface area contributed by atoms with Gasteiger partial charge in [0.25, 0.3) is 0 Å². The molecule has 1 aliphatic heterocycles. The molecule has 1 aliphatic carbocycles. The Bertz CT molecular complexity index is 1140. The smallest absolute Gasteiger partial charge is 0.244 e. The fourth-order valence-electron chi connectivity index (χ4n) is 4.62. The molecule has 1 aromatic rings. The van der Waals surface area contributed by atoms with Crippen LogP contribution in [-0.2, 0) is 29.2 Å². The third-order valence-electron chi connectivity index (χ3n) is 6.76. The van der Waals surface area contributed by atoms with Crippen molar-refractivity contribution in [2.45, 2.75) is 63.5 Å². The summed E-state index contributed by atoms with van der Waals surface area (Å²) >= 11 is 0. The number of benzene rings is 1. The second-order valence-electron chi connectivity index (χ2n) is 9.91. The van der Waals surface area contributed by atoms with E-state index in [1.54, 1.807) is 30.3 Å². The zero-order valence-electron chi connectivity index (χ0n) is 21.4. The van der Waals surface area contributed by atoms with Crippen molar-refractivity contribution in [3.05, 3.63) is 42.5 Å². The summed E-state index contributed by atoms with van der Waals surface area (Å²) in [6, 6.07) is 7.28. The molecule has 2 fully saturated rings. The molecule has 4 amide bonds. The number of nitrogens with zero attached hydrogens (tertiary/aromatic N) is 1. The zero-order valence-corrected chi connectivity index (χ0v) is 22.2. The van der Waals surface area contributed by atoms with Gasteiger partial charge in [-0.2, -0.15) is 0 Å². The van der Waals surface area contributed by atoms with Gasteiger partial charge in [0.05, 0.1) is 6.04 Å². The molecule has 208 valence electrons. The van der Waals surface area contributed by atoms with Crippen LogP contribution in [0.2, 0.25) is 0 Å². The van der Waals surface area contributed by atoms with E-state index in [-0.39, 0.29) is 11.8 Å². The molecule has 2 aliphatic rings. The van der Waals surface area contributed by atoms with E-state index in [2.05, 4.69) is 5.32 Å². The molecule has 3 rings (SSSR count). The van der Waals surface area contributed by atoms with Gasteiger partial charge < -0.3 is 21.7 Å². The Balaban J connectivity index is 1.28. The fraction of sp³-hybridized carbons (Fsp3) is 0.538. The van der Waals surface area contributed by atoms with E-state index in [0.29, 0.717) is 31.5 Å². The highest BCUT2D eigenvalue weighted by Crippen LogP contribution is 2.40. The number of rotatable bonds is 14. The number of unbranched alkanes of at least 4 members (excludes halogenated alkanes) is 3.